The SMILES string of the molecule is CC(C)CN(C(=O)CCNC(C)C)C1CCCC1. The Morgan fingerprint density at radius 1 is 1.22 bits per heavy atom. The highest BCUT2D eigenvalue weighted by molar-refractivity contribution is 5.76. The van der Waals surface area contributed by atoms with E-state index in [9.17, 15) is 4.79 Å². The lowest BCUT2D eigenvalue weighted by Crippen LogP contribution is -2.42. The van der Waals surface area contributed by atoms with Crippen LogP contribution in [0.1, 0.15) is 59.8 Å². The number of carbonyl (C=O) groups excluding carboxylic acids is 1. The molecule has 1 saturated carbocycles. The van der Waals surface area contributed by atoms with Crippen molar-refractivity contribution in [2.45, 2.75) is 71.9 Å². The normalized spacial score (nSPS) is 16.8. The molecule has 3 heteroatoms. The standard InChI is InChI=1S/C15H30N2O/c1-12(2)11-17(14-7-5-6-8-14)15(18)9-10-16-13(3)4/h12-14,16H,5-11H2,1-4H3. The Kier molecular flexibility index (Phi) is 6.69. The number of hydrogen-bond acceptors (Lipinski definition) is 2. The molecule has 0 spiro atoms. The van der Waals surface area contributed by atoms with E-state index < -0.39 is 0 Å². The van der Waals surface area contributed by atoms with Crippen LogP contribution in [-0.2, 0) is 4.79 Å². The third-order valence-electron chi connectivity index (χ3n) is 3.54. The Labute approximate surface area is 112 Å². The summed E-state index contributed by atoms with van der Waals surface area (Å²) in [6.45, 7) is 10.4. The minimum Gasteiger partial charge on any atom is -0.339 e. The molecule has 0 saturated heterocycles. The number of amides is 1. The summed E-state index contributed by atoms with van der Waals surface area (Å²) in [6.07, 6.45) is 5.63. The van der Waals surface area contributed by atoms with Gasteiger partial charge in [-0.15, -0.1) is 0 Å². The molecule has 0 unspecified atom stereocenters. The maximum atomic E-state index is 12.3. The summed E-state index contributed by atoms with van der Waals surface area (Å²) in [7, 11) is 0. The summed E-state index contributed by atoms with van der Waals surface area (Å²) in [4.78, 5) is 14.5. The van der Waals surface area contributed by atoms with Gasteiger partial charge in [0, 0.05) is 31.6 Å². The Balaban J connectivity index is 2.44. The van der Waals surface area contributed by atoms with E-state index in [1.165, 1.54) is 25.7 Å². The lowest BCUT2D eigenvalue weighted by molar-refractivity contribution is -0.134. The molecule has 0 aromatic rings. The number of carbonyl (C=O) groups is 1. The molecule has 18 heavy (non-hydrogen) atoms. The van der Waals surface area contributed by atoms with Gasteiger partial charge in [0.2, 0.25) is 5.91 Å². The average Bonchev–Trinajstić information content (AvgIpc) is 2.78. The molecule has 1 aliphatic rings. The molecule has 1 N–H and O–H groups in total. The third kappa shape index (κ3) is 5.38. The Bertz CT molecular complexity index is 245. The van der Waals surface area contributed by atoms with Gasteiger partial charge in [-0.1, -0.05) is 40.5 Å². The van der Waals surface area contributed by atoms with Gasteiger partial charge in [-0.3, -0.25) is 4.79 Å². The first kappa shape index (κ1) is 15.5. The van der Waals surface area contributed by atoms with E-state index in [1.807, 2.05) is 0 Å². The molecule has 1 rings (SSSR count). The van der Waals surface area contributed by atoms with Gasteiger partial charge in [0.05, 0.1) is 0 Å². The van der Waals surface area contributed by atoms with Crippen LogP contribution in [0.15, 0.2) is 0 Å². The number of rotatable bonds is 7. The summed E-state index contributed by atoms with van der Waals surface area (Å²) in [5.74, 6) is 0.899. The van der Waals surface area contributed by atoms with Crippen molar-refractivity contribution in [1.82, 2.24) is 10.2 Å². The van der Waals surface area contributed by atoms with E-state index in [-0.39, 0.29) is 0 Å². The zero-order valence-corrected chi connectivity index (χ0v) is 12.5. The first-order chi connectivity index (χ1) is 8.50. The predicted molar refractivity (Wildman–Crippen MR) is 76.6 cm³/mol. The van der Waals surface area contributed by atoms with Crippen LogP contribution >= 0.6 is 0 Å². The summed E-state index contributed by atoms with van der Waals surface area (Å²) >= 11 is 0. The molecule has 0 radical (unpaired) electrons. The molecule has 1 amide bonds. The van der Waals surface area contributed by atoms with Crippen molar-refractivity contribution >= 4 is 5.91 Å². The van der Waals surface area contributed by atoms with Crippen molar-refractivity contribution in [2.75, 3.05) is 13.1 Å². The molecule has 0 heterocycles. The molecule has 1 fully saturated rings. The third-order valence-corrected chi connectivity index (χ3v) is 3.54. The summed E-state index contributed by atoms with van der Waals surface area (Å²) in [5.41, 5.74) is 0. The zero-order chi connectivity index (χ0) is 13.5. The lowest BCUT2D eigenvalue weighted by atomic mass is 10.1. The van der Waals surface area contributed by atoms with Gasteiger partial charge in [0.15, 0.2) is 0 Å². The van der Waals surface area contributed by atoms with E-state index >= 15 is 0 Å². The summed E-state index contributed by atoms with van der Waals surface area (Å²) < 4.78 is 0. The molecule has 0 aromatic heterocycles. The van der Waals surface area contributed by atoms with Crippen molar-refractivity contribution in [2.24, 2.45) is 5.92 Å². The second kappa shape index (κ2) is 7.78. The van der Waals surface area contributed by atoms with Crippen LogP contribution in [0.5, 0.6) is 0 Å². The van der Waals surface area contributed by atoms with Crippen molar-refractivity contribution in [1.29, 1.82) is 0 Å². The van der Waals surface area contributed by atoms with Gasteiger partial charge in [0.1, 0.15) is 0 Å². The van der Waals surface area contributed by atoms with Crippen LogP contribution in [0.4, 0.5) is 0 Å². The number of nitrogens with zero attached hydrogens (tertiary/aromatic N) is 1. The molecule has 1 aliphatic carbocycles. The molecule has 0 aromatic carbocycles. The Morgan fingerprint density at radius 2 is 1.83 bits per heavy atom. The maximum Gasteiger partial charge on any atom is 0.224 e. The van der Waals surface area contributed by atoms with Crippen molar-refractivity contribution in [3.8, 4) is 0 Å². The average molecular weight is 254 g/mol. The van der Waals surface area contributed by atoms with Crippen LogP contribution in [0.25, 0.3) is 0 Å². The van der Waals surface area contributed by atoms with Crippen LogP contribution in [0.3, 0.4) is 0 Å². The fraction of sp³-hybridized carbons (Fsp3) is 0.933. The highest BCUT2D eigenvalue weighted by Crippen LogP contribution is 2.24. The molecule has 0 atom stereocenters. The van der Waals surface area contributed by atoms with Gasteiger partial charge in [-0.25, -0.2) is 0 Å². The zero-order valence-electron chi connectivity index (χ0n) is 12.5. The predicted octanol–water partition coefficient (Wildman–Crippen LogP) is 2.80. The monoisotopic (exact) mass is 254 g/mol. The van der Waals surface area contributed by atoms with Crippen molar-refractivity contribution in [3.05, 3.63) is 0 Å². The Hall–Kier alpha value is -0.570. The fourth-order valence-corrected chi connectivity index (χ4v) is 2.68. The molecule has 3 nitrogen and oxygen atoms in total. The minimum absolute atomic E-state index is 0.337. The fourth-order valence-electron chi connectivity index (χ4n) is 2.68. The largest absolute Gasteiger partial charge is 0.339 e. The van der Waals surface area contributed by atoms with Gasteiger partial charge in [-0.2, -0.15) is 0 Å². The highest BCUT2D eigenvalue weighted by Gasteiger charge is 2.26. The first-order valence-electron chi connectivity index (χ1n) is 7.53. The smallest absolute Gasteiger partial charge is 0.224 e. The number of nitrogens with one attached hydrogen (secondary N) is 1. The topological polar surface area (TPSA) is 32.3 Å². The number of hydrogen-bond donors (Lipinski definition) is 1. The van der Waals surface area contributed by atoms with Gasteiger partial charge in [0.25, 0.3) is 0 Å². The van der Waals surface area contributed by atoms with Gasteiger partial charge in [-0.05, 0) is 18.8 Å². The quantitative estimate of drug-likeness (QED) is 0.757. The maximum absolute atomic E-state index is 12.3. The molecular weight excluding hydrogens is 224 g/mol. The highest BCUT2D eigenvalue weighted by atomic mass is 16.2. The summed E-state index contributed by atoms with van der Waals surface area (Å²) in [5, 5.41) is 3.33. The van der Waals surface area contributed by atoms with E-state index in [0.717, 1.165) is 13.1 Å². The minimum atomic E-state index is 0.337. The second-order valence-electron chi connectivity index (χ2n) is 6.24. The molecule has 0 aliphatic heterocycles. The van der Waals surface area contributed by atoms with Crippen molar-refractivity contribution < 1.29 is 4.79 Å². The van der Waals surface area contributed by atoms with E-state index in [2.05, 4.69) is 37.9 Å². The molecular formula is C15H30N2O. The van der Waals surface area contributed by atoms with Crippen LogP contribution < -0.4 is 5.32 Å². The van der Waals surface area contributed by atoms with Crippen LogP contribution in [-0.4, -0.2) is 36.0 Å². The summed E-state index contributed by atoms with van der Waals surface area (Å²) in [6, 6.07) is 0.974. The van der Waals surface area contributed by atoms with E-state index in [4.69, 9.17) is 0 Å². The van der Waals surface area contributed by atoms with Crippen LogP contribution in [0.2, 0.25) is 0 Å². The first-order valence-corrected chi connectivity index (χ1v) is 7.53. The van der Waals surface area contributed by atoms with Gasteiger partial charge >= 0.3 is 0 Å². The van der Waals surface area contributed by atoms with Crippen molar-refractivity contribution in [3.63, 3.8) is 0 Å². The molecule has 0 bridgehead atoms. The Morgan fingerprint density at radius 3 is 2.33 bits per heavy atom. The van der Waals surface area contributed by atoms with Gasteiger partial charge < -0.3 is 10.2 Å². The van der Waals surface area contributed by atoms with E-state index in [0.29, 0.717) is 30.3 Å². The lowest BCUT2D eigenvalue weighted by Gasteiger charge is -2.31. The van der Waals surface area contributed by atoms with Crippen LogP contribution in [0, 0.1) is 5.92 Å². The second-order valence-corrected chi connectivity index (χ2v) is 6.24. The van der Waals surface area contributed by atoms with E-state index in [1.54, 1.807) is 0 Å². The molecule has 106 valence electrons.